The SMILES string of the molecule is CC(Cc1ccsc1)NCc1cccc(C(F)(F)F)c1. The fourth-order valence-corrected chi connectivity index (χ4v) is 2.67. The molecule has 1 aromatic heterocycles. The number of benzene rings is 1. The van der Waals surface area contributed by atoms with Gasteiger partial charge in [-0.15, -0.1) is 0 Å². The summed E-state index contributed by atoms with van der Waals surface area (Å²) in [5.41, 5.74) is 1.30. The van der Waals surface area contributed by atoms with Crippen molar-refractivity contribution in [1.29, 1.82) is 0 Å². The van der Waals surface area contributed by atoms with Crippen LogP contribution in [0.1, 0.15) is 23.6 Å². The molecule has 2 aromatic rings. The first kappa shape index (κ1) is 15.1. The minimum absolute atomic E-state index is 0.221. The molecular weight excluding hydrogens is 283 g/mol. The number of halogens is 3. The van der Waals surface area contributed by atoms with Crippen LogP contribution in [0, 0.1) is 0 Å². The molecule has 0 fully saturated rings. The van der Waals surface area contributed by atoms with E-state index in [9.17, 15) is 13.2 Å². The zero-order valence-corrected chi connectivity index (χ0v) is 11.9. The van der Waals surface area contributed by atoms with E-state index in [1.165, 1.54) is 17.7 Å². The second-order valence-corrected chi connectivity index (χ2v) is 5.60. The molecule has 0 bridgehead atoms. The summed E-state index contributed by atoms with van der Waals surface area (Å²) < 4.78 is 37.8. The molecule has 0 saturated carbocycles. The molecule has 0 spiro atoms. The molecule has 108 valence electrons. The first-order valence-electron chi connectivity index (χ1n) is 6.36. The van der Waals surface area contributed by atoms with Gasteiger partial charge in [0, 0.05) is 12.6 Å². The molecular formula is C15H16F3NS. The maximum atomic E-state index is 12.6. The molecule has 2 rings (SSSR count). The Morgan fingerprint density at radius 3 is 2.65 bits per heavy atom. The van der Waals surface area contributed by atoms with Gasteiger partial charge in [-0.3, -0.25) is 0 Å². The maximum absolute atomic E-state index is 12.6. The van der Waals surface area contributed by atoms with Crippen LogP contribution in [0.4, 0.5) is 13.2 Å². The first-order chi connectivity index (χ1) is 9.45. The molecule has 1 aromatic carbocycles. The normalized spacial score (nSPS) is 13.4. The Hall–Kier alpha value is -1.33. The van der Waals surface area contributed by atoms with E-state index in [1.807, 2.05) is 12.3 Å². The number of rotatable bonds is 5. The summed E-state index contributed by atoms with van der Waals surface area (Å²) in [5.74, 6) is 0. The molecule has 0 aliphatic rings. The lowest BCUT2D eigenvalue weighted by Gasteiger charge is -2.14. The molecule has 0 radical (unpaired) electrons. The van der Waals surface area contributed by atoms with Crippen molar-refractivity contribution in [3.63, 3.8) is 0 Å². The quantitative estimate of drug-likeness (QED) is 0.858. The van der Waals surface area contributed by atoms with Gasteiger partial charge in [-0.25, -0.2) is 0 Å². The number of hydrogen-bond acceptors (Lipinski definition) is 2. The average molecular weight is 299 g/mol. The van der Waals surface area contributed by atoms with Crippen LogP contribution in [0.5, 0.6) is 0 Å². The van der Waals surface area contributed by atoms with Crippen LogP contribution >= 0.6 is 11.3 Å². The Balaban J connectivity index is 1.90. The Morgan fingerprint density at radius 2 is 2.00 bits per heavy atom. The lowest BCUT2D eigenvalue weighted by molar-refractivity contribution is -0.137. The van der Waals surface area contributed by atoms with Crippen molar-refractivity contribution < 1.29 is 13.2 Å². The standard InChI is InChI=1S/C15H16F3NS/c1-11(7-13-5-6-20-10-13)19-9-12-3-2-4-14(8-12)15(16,17)18/h2-6,8,10-11,19H,7,9H2,1H3. The molecule has 20 heavy (non-hydrogen) atoms. The topological polar surface area (TPSA) is 12.0 Å². The van der Waals surface area contributed by atoms with E-state index >= 15 is 0 Å². The predicted octanol–water partition coefficient (Wildman–Crippen LogP) is 4.49. The molecule has 1 atom stereocenters. The Morgan fingerprint density at radius 1 is 1.20 bits per heavy atom. The third-order valence-corrected chi connectivity index (χ3v) is 3.76. The van der Waals surface area contributed by atoms with E-state index in [2.05, 4.69) is 16.8 Å². The number of hydrogen-bond donors (Lipinski definition) is 1. The smallest absolute Gasteiger partial charge is 0.310 e. The summed E-state index contributed by atoms with van der Waals surface area (Å²) in [6, 6.07) is 7.73. The van der Waals surface area contributed by atoms with E-state index in [0.717, 1.165) is 12.5 Å². The van der Waals surface area contributed by atoms with Crippen LogP contribution in [0.3, 0.4) is 0 Å². The van der Waals surface area contributed by atoms with Crippen LogP contribution in [0.25, 0.3) is 0 Å². The van der Waals surface area contributed by atoms with Gasteiger partial charge in [-0.2, -0.15) is 24.5 Å². The molecule has 1 N–H and O–H groups in total. The van der Waals surface area contributed by atoms with Crippen molar-refractivity contribution in [3.05, 3.63) is 57.8 Å². The van der Waals surface area contributed by atoms with Gasteiger partial charge in [0.15, 0.2) is 0 Å². The van der Waals surface area contributed by atoms with Gasteiger partial charge in [0.2, 0.25) is 0 Å². The highest BCUT2D eigenvalue weighted by molar-refractivity contribution is 7.07. The lowest BCUT2D eigenvalue weighted by atomic mass is 10.1. The van der Waals surface area contributed by atoms with Crippen molar-refractivity contribution in [2.75, 3.05) is 0 Å². The zero-order valence-electron chi connectivity index (χ0n) is 11.1. The lowest BCUT2D eigenvalue weighted by Crippen LogP contribution is -2.27. The van der Waals surface area contributed by atoms with E-state index in [-0.39, 0.29) is 6.04 Å². The van der Waals surface area contributed by atoms with Gasteiger partial charge in [0.05, 0.1) is 5.56 Å². The van der Waals surface area contributed by atoms with Crippen LogP contribution in [-0.2, 0) is 19.1 Å². The molecule has 5 heteroatoms. The van der Waals surface area contributed by atoms with E-state index in [4.69, 9.17) is 0 Å². The Kier molecular flexibility index (Phi) is 4.83. The minimum Gasteiger partial charge on any atom is -0.310 e. The summed E-state index contributed by atoms with van der Waals surface area (Å²) in [6.45, 7) is 2.47. The largest absolute Gasteiger partial charge is 0.416 e. The van der Waals surface area contributed by atoms with E-state index < -0.39 is 11.7 Å². The van der Waals surface area contributed by atoms with Crippen LogP contribution in [0.2, 0.25) is 0 Å². The van der Waals surface area contributed by atoms with Crippen LogP contribution < -0.4 is 5.32 Å². The summed E-state index contributed by atoms with van der Waals surface area (Å²) in [6.07, 6.45) is -3.40. The maximum Gasteiger partial charge on any atom is 0.416 e. The number of thiophene rings is 1. The molecule has 1 unspecified atom stereocenters. The highest BCUT2D eigenvalue weighted by Crippen LogP contribution is 2.29. The summed E-state index contributed by atoms with van der Waals surface area (Å²) in [5, 5.41) is 7.36. The second-order valence-electron chi connectivity index (χ2n) is 4.82. The number of nitrogens with one attached hydrogen (secondary N) is 1. The minimum atomic E-state index is -4.28. The zero-order chi connectivity index (χ0) is 14.6. The van der Waals surface area contributed by atoms with Gasteiger partial charge in [-0.05, 0) is 47.4 Å². The Labute approximate surface area is 120 Å². The van der Waals surface area contributed by atoms with Crippen molar-refractivity contribution >= 4 is 11.3 Å². The monoisotopic (exact) mass is 299 g/mol. The van der Waals surface area contributed by atoms with Crippen LogP contribution in [-0.4, -0.2) is 6.04 Å². The van der Waals surface area contributed by atoms with Crippen molar-refractivity contribution in [1.82, 2.24) is 5.32 Å². The summed E-state index contributed by atoms with van der Waals surface area (Å²) >= 11 is 1.65. The van der Waals surface area contributed by atoms with Gasteiger partial charge in [-0.1, -0.05) is 18.2 Å². The molecule has 0 saturated heterocycles. The highest BCUT2D eigenvalue weighted by atomic mass is 32.1. The van der Waals surface area contributed by atoms with Crippen molar-refractivity contribution in [3.8, 4) is 0 Å². The van der Waals surface area contributed by atoms with E-state index in [1.54, 1.807) is 17.4 Å². The van der Waals surface area contributed by atoms with Gasteiger partial charge in [0.25, 0.3) is 0 Å². The van der Waals surface area contributed by atoms with Crippen molar-refractivity contribution in [2.24, 2.45) is 0 Å². The third kappa shape index (κ3) is 4.35. The van der Waals surface area contributed by atoms with Gasteiger partial charge < -0.3 is 5.32 Å². The average Bonchev–Trinajstić information content (AvgIpc) is 2.88. The summed E-state index contributed by atoms with van der Waals surface area (Å²) in [7, 11) is 0. The second kappa shape index (κ2) is 6.41. The fourth-order valence-electron chi connectivity index (χ4n) is 1.98. The summed E-state index contributed by atoms with van der Waals surface area (Å²) in [4.78, 5) is 0. The third-order valence-electron chi connectivity index (χ3n) is 3.03. The van der Waals surface area contributed by atoms with Gasteiger partial charge in [0.1, 0.15) is 0 Å². The molecule has 1 heterocycles. The fraction of sp³-hybridized carbons (Fsp3) is 0.333. The predicted molar refractivity (Wildman–Crippen MR) is 75.8 cm³/mol. The number of alkyl halides is 3. The molecule has 0 aliphatic heterocycles. The first-order valence-corrected chi connectivity index (χ1v) is 7.30. The van der Waals surface area contributed by atoms with Crippen LogP contribution in [0.15, 0.2) is 41.1 Å². The molecule has 0 amide bonds. The molecule has 0 aliphatic carbocycles. The van der Waals surface area contributed by atoms with Gasteiger partial charge >= 0.3 is 6.18 Å². The van der Waals surface area contributed by atoms with E-state index in [0.29, 0.717) is 12.1 Å². The Bertz CT molecular complexity index is 534. The van der Waals surface area contributed by atoms with Crippen molar-refractivity contribution in [2.45, 2.75) is 32.1 Å². The highest BCUT2D eigenvalue weighted by Gasteiger charge is 2.30. The molecule has 1 nitrogen and oxygen atoms in total.